The van der Waals surface area contributed by atoms with Crippen LogP contribution >= 0.6 is 0 Å². The average Bonchev–Trinajstić information content (AvgIpc) is 2.80. The Balaban J connectivity index is 2.08. The first-order chi connectivity index (χ1) is 9.92. The Bertz CT molecular complexity index is 397. The van der Waals surface area contributed by atoms with E-state index in [2.05, 4.69) is 31.1 Å². The molecule has 3 unspecified atom stereocenters. The zero-order chi connectivity index (χ0) is 15.6. The first kappa shape index (κ1) is 16.3. The second-order valence-corrected chi connectivity index (χ2v) is 7.02. The van der Waals surface area contributed by atoms with Gasteiger partial charge in [0.2, 0.25) is 11.8 Å². The molecule has 2 rings (SSSR count). The number of carbonyl (C=O) groups excluding carboxylic acids is 2. The van der Waals surface area contributed by atoms with Crippen LogP contribution in [0.1, 0.15) is 40.0 Å². The fourth-order valence-corrected chi connectivity index (χ4v) is 3.53. The van der Waals surface area contributed by atoms with Crippen LogP contribution in [-0.4, -0.2) is 60.4 Å². The number of likely N-dealkylation sites (tertiary alicyclic amines) is 1. The van der Waals surface area contributed by atoms with Gasteiger partial charge in [0.25, 0.3) is 0 Å². The molecule has 0 aromatic rings. The van der Waals surface area contributed by atoms with Crippen LogP contribution in [0.15, 0.2) is 0 Å². The normalized spacial score (nSPS) is 31.1. The smallest absolute Gasteiger partial charge is 0.245 e. The second-order valence-electron chi connectivity index (χ2n) is 7.02. The zero-order valence-electron chi connectivity index (χ0n) is 13.8. The number of hydrogen-bond donors (Lipinski definition) is 1. The second kappa shape index (κ2) is 6.77. The number of hydrogen-bond acceptors (Lipinski definition) is 3. The number of rotatable bonds is 5. The quantitative estimate of drug-likeness (QED) is 0.826. The molecule has 0 saturated carbocycles. The van der Waals surface area contributed by atoms with Crippen molar-refractivity contribution in [3.63, 3.8) is 0 Å². The predicted molar refractivity (Wildman–Crippen MR) is 82.8 cm³/mol. The molecule has 0 bridgehead atoms. The summed E-state index contributed by atoms with van der Waals surface area (Å²) in [4.78, 5) is 29.2. The predicted octanol–water partition coefficient (Wildman–Crippen LogP) is 1.09. The minimum atomic E-state index is -0.334. The third-order valence-corrected chi connectivity index (χ3v) is 4.61. The van der Waals surface area contributed by atoms with E-state index >= 15 is 0 Å². The van der Waals surface area contributed by atoms with Gasteiger partial charge in [-0.2, -0.15) is 0 Å². The van der Waals surface area contributed by atoms with Gasteiger partial charge in [-0.25, -0.2) is 0 Å². The lowest BCUT2D eigenvalue weighted by molar-refractivity contribution is -0.150. The molecule has 3 atom stereocenters. The van der Waals surface area contributed by atoms with Gasteiger partial charge in [0.15, 0.2) is 0 Å². The maximum absolute atomic E-state index is 12.7. The van der Waals surface area contributed by atoms with Gasteiger partial charge in [0, 0.05) is 13.1 Å². The van der Waals surface area contributed by atoms with Gasteiger partial charge in [-0.1, -0.05) is 20.8 Å². The van der Waals surface area contributed by atoms with Crippen molar-refractivity contribution in [1.29, 1.82) is 0 Å². The van der Waals surface area contributed by atoms with Crippen LogP contribution in [0.3, 0.4) is 0 Å². The lowest BCUT2D eigenvalue weighted by Crippen LogP contribution is -2.64. The molecule has 1 N–H and O–H groups in total. The van der Waals surface area contributed by atoms with Crippen LogP contribution in [0.4, 0.5) is 0 Å². The van der Waals surface area contributed by atoms with Crippen LogP contribution < -0.4 is 5.32 Å². The molecule has 2 fully saturated rings. The largest absolute Gasteiger partial charge is 0.342 e. The van der Waals surface area contributed by atoms with E-state index in [1.54, 1.807) is 0 Å². The molecule has 0 aromatic heterocycles. The van der Waals surface area contributed by atoms with Crippen molar-refractivity contribution >= 4 is 11.8 Å². The number of nitrogens with one attached hydrogen (secondary N) is 1. The highest BCUT2D eigenvalue weighted by Gasteiger charge is 2.40. The Morgan fingerprint density at radius 3 is 2.57 bits per heavy atom. The standard InChI is InChI=1S/C16H29N3O2/c1-5-14-15(20)17-13(8-11(2)3)16(21)19(14)10-12-6-7-18(4)9-12/h11-14H,5-10H2,1-4H3,(H,17,20). The molecule has 2 amide bonds. The molecule has 120 valence electrons. The highest BCUT2D eigenvalue weighted by atomic mass is 16.2. The van der Waals surface area contributed by atoms with Crippen LogP contribution in [0, 0.1) is 11.8 Å². The van der Waals surface area contributed by atoms with E-state index in [4.69, 9.17) is 0 Å². The Hall–Kier alpha value is -1.10. The molecule has 5 nitrogen and oxygen atoms in total. The molecule has 21 heavy (non-hydrogen) atoms. The Morgan fingerprint density at radius 2 is 2.05 bits per heavy atom. The summed E-state index contributed by atoms with van der Waals surface area (Å²) in [5.74, 6) is 1.04. The molecule has 2 saturated heterocycles. The Kier molecular flexibility index (Phi) is 5.25. The molecule has 0 radical (unpaired) electrons. The van der Waals surface area contributed by atoms with E-state index < -0.39 is 0 Å². The van der Waals surface area contributed by atoms with E-state index in [1.807, 2.05) is 11.8 Å². The lowest BCUT2D eigenvalue weighted by atomic mass is 9.96. The highest BCUT2D eigenvalue weighted by Crippen LogP contribution is 2.22. The van der Waals surface area contributed by atoms with Crippen molar-refractivity contribution < 1.29 is 9.59 Å². The SMILES string of the molecule is CCC1C(=O)NC(CC(C)C)C(=O)N1CC1CCN(C)C1. The minimum Gasteiger partial charge on any atom is -0.342 e. The van der Waals surface area contributed by atoms with E-state index in [0.717, 1.165) is 32.5 Å². The molecule has 2 aliphatic heterocycles. The fourth-order valence-electron chi connectivity index (χ4n) is 3.53. The summed E-state index contributed by atoms with van der Waals surface area (Å²) in [5, 5.41) is 2.92. The molecular weight excluding hydrogens is 266 g/mol. The number of piperazine rings is 1. The van der Waals surface area contributed by atoms with E-state index in [1.165, 1.54) is 0 Å². The van der Waals surface area contributed by atoms with Gasteiger partial charge in [-0.3, -0.25) is 9.59 Å². The summed E-state index contributed by atoms with van der Waals surface area (Å²) in [6.07, 6.45) is 2.53. The van der Waals surface area contributed by atoms with E-state index in [0.29, 0.717) is 18.3 Å². The van der Waals surface area contributed by atoms with Gasteiger partial charge in [0.05, 0.1) is 0 Å². The molecule has 0 aromatic carbocycles. The van der Waals surface area contributed by atoms with Crippen molar-refractivity contribution in [2.45, 2.75) is 52.1 Å². The van der Waals surface area contributed by atoms with Crippen LogP contribution in [0.25, 0.3) is 0 Å². The molecule has 0 aliphatic carbocycles. The van der Waals surface area contributed by atoms with Crippen molar-refractivity contribution in [3.05, 3.63) is 0 Å². The molecule has 2 heterocycles. The molecule has 2 aliphatic rings. The number of amides is 2. The topological polar surface area (TPSA) is 52.7 Å². The van der Waals surface area contributed by atoms with E-state index in [9.17, 15) is 9.59 Å². The third-order valence-electron chi connectivity index (χ3n) is 4.61. The average molecular weight is 295 g/mol. The summed E-state index contributed by atoms with van der Waals surface area (Å²) in [6.45, 7) is 8.99. The van der Waals surface area contributed by atoms with Gasteiger partial charge in [-0.15, -0.1) is 0 Å². The monoisotopic (exact) mass is 295 g/mol. The molecule has 0 spiro atoms. The third kappa shape index (κ3) is 3.76. The maximum Gasteiger partial charge on any atom is 0.245 e. The van der Waals surface area contributed by atoms with Crippen LogP contribution in [0.5, 0.6) is 0 Å². The first-order valence-electron chi connectivity index (χ1n) is 8.21. The highest BCUT2D eigenvalue weighted by molar-refractivity contribution is 5.96. The number of carbonyl (C=O) groups is 2. The van der Waals surface area contributed by atoms with Crippen molar-refractivity contribution in [2.75, 3.05) is 26.7 Å². The first-order valence-corrected chi connectivity index (χ1v) is 8.21. The molecule has 5 heteroatoms. The minimum absolute atomic E-state index is 0.0223. The summed E-state index contributed by atoms with van der Waals surface area (Å²) in [6, 6.07) is -0.619. The summed E-state index contributed by atoms with van der Waals surface area (Å²) in [5.41, 5.74) is 0. The van der Waals surface area contributed by atoms with Gasteiger partial charge < -0.3 is 15.1 Å². The molecular formula is C16H29N3O2. The summed E-state index contributed by atoms with van der Waals surface area (Å²) >= 11 is 0. The van der Waals surface area contributed by atoms with Crippen molar-refractivity contribution in [2.24, 2.45) is 11.8 Å². The van der Waals surface area contributed by atoms with Crippen molar-refractivity contribution in [3.8, 4) is 0 Å². The van der Waals surface area contributed by atoms with Gasteiger partial charge in [-0.05, 0) is 44.7 Å². The lowest BCUT2D eigenvalue weighted by Gasteiger charge is -2.40. The Morgan fingerprint density at radius 1 is 1.33 bits per heavy atom. The summed E-state index contributed by atoms with van der Waals surface area (Å²) in [7, 11) is 2.11. The fraction of sp³-hybridized carbons (Fsp3) is 0.875. The van der Waals surface area contributed by atoms with Gasteiger partial charge >= 0.3 is 0 Å². The maximum atomic E-state index is 12.7. The summed E-state index contributed by atoms with van der Waals surface area (Å²) < 4.78 is 0. The zero-order valence-corrected chi connectivity index (χ0v) is 13.8. The van der Waals surface area contributed by atoms with Crippen LogP contribution in [-0.2, 0) is 9.59 Å². The number of nitrogens with zero attached hydrogens (tertiary/aromatic N) is 2. The van der Waals surface area contributed by atoms with Crippen molar-refractivity contribution in [1.82, 2.24) is 15.1 Å². The van der Waals surface area contributed by atoms with E-state index in [-0.39, 0.29) is 23.9 Å². The van der Waals surface area contributed by atoms with Crippen LogP contribution in [0.2, 0.25) is 0 Å². The Labute approximate surface area is 128 Å². The van der Waals surface area contributed by atoms with Gasteiger partial charge in [0.1, 0.15) is 12.1 Å².